The molecule has 0 bridgehead atoms. The summed E-state index contributed by atoms with van der Waals surface area (Å²) in [7, 11) is 0. The Balaban J connectivity index is 1.57. The van der Waals surface area contributed by atoms with Crippen LogP contribution in [0, 0.1) is 5.92 Å². The molecule has 0 amide bonds. The van der Waals surface area contributed by atoms with E-state index < -0.39 is 17.7 Å². The number of hydrogen-bond donors (Lipinski definition) is 2. The molecule has 2 N–H and O–H groups in total. The molecule has 1 aliphatic carbocycles. The maximum Gasteiger partial charge on any atom is 0.166 e. The smallest absolute Gasteiger partial charge is 0.166 e. The number of aliphatic hydroxyl groups is 1. The van der Waals surface area contributed by atoms with E-state index in [4.69, 9.17) is 4.74 Å². The van der Waals surface area contributed by atoms with Crippen molar-refractivity contribution in [2.24, 2.45) is 5.92 Å². The number of aliphatic hydroxyl groups excluding tert-OH is 1. The van der Waals surface area contributed by atoms with Gasteiger partial charge in [-0.25, -0.2) is 0 Å². The lowest BCUT2D eigenvalue weighted by Gasteiger charge is -2.38. The second kappa shape index (κ2) is 9.09. The summed E-state index contributed by atoms with van der Waals surface area (Å²) in [5.41, 5.74) is 1.28. The Kier molecular flexibility index (Phi) is 7.30. The summed E-state index contributed by atoms with van der Waals surface area (Å²) in [6.45, 7) is 4.14. The Morgan fingerprint density at radius 3 is 2.58 bits per heavy atom. The van der Waals surface area contributed by atoms with Crippen LogP contribution in [0.4, 0.5) is 0 Å². The van der Waals surface area contributed by atoms with Gasteiger partial charge in [-0.15, -0.1) is 4.72 Å². The van der Waals surface area contributed by atoms with Gasteiger partial charge in [-0.2, -0.15) is 0 Å². The van der Waals surface area contributed by atoms with Crippen molar-refractivity contribution in [3.63, 3.8) is 0 Å². The van der Waals surface area contributed by atoms with Crippen molar-refractivity contribution in [2.75, 3.05) is 0 Å². The Hall–Kier alpha value is 0.140. The summed E-state index contributed by atoms with van der Waals surface area (Å²) in [4.78, 5) is 0. The van der Waals surface area contributed by atoms with E-state index in [0.717, 1.165) is 38.5 Å². The third-order valence-electron chi connectivity index (χ3n) is 5.48. The van der Waals surface area contributed by atoms with E-state index in [1.165, 1.54) is 5.56 Å². The van der Waals surface area contributed by atoms with Crippen LogP contribution in [0.1, 0.15) is 51.5 Å². The summed E-state index contributed by atoms with van der Waals surface area (Å²) in [6.07, 6.45) is 5.20. The number of ether oxygens (including phenoxy) is 1. The molecular formula is C20H30INO3S. The van der Waals surface area contributed by atoms with E-state index in [-0.39, 0.29) is 20.8 Å². The summed E-state index contributed by atoms with van der Waals surface area (Å²) in [6, 6.07) is 10.4. The van der Waals surface area contributed by atoms with Crippen LogP contribution in [-0.2, 0) is 22.5 Å². The predicted molar refractivity (Wildman–Crippen MR) is 115 cm³/mol. The second-order valence-electron chi connectivity index (χ2n) is 8.15. The molecule has 2 fully saturated rings. The third kappa shape index (κ3) is 5.58. The topological polar surface area (TPSA) is 64.5 Å². The van der Waals surface area contributed by atoms with E-state index in [0.29, 0.717) is 5.92 Å². The molecule has 1 unspecified atom stereocenters. The lowest BCUT2D eigenvalue weighted by atomic mass is 9.99. The van der Waals surface area contributed by atoms with Crippen molar-refractivity contribution in [3.05, 3.63) is 35.9 Å². The Bertz CT molecular complexity index is 569. The molecule has 1 aromatic carbocycles. The SMILES string of the molecule is CC(C)(CCc1ccccc1)[S+]([O-])N[C@@H](C1CC1)[C@@H]1CC[C@H](I)[C@@H](O)O1. The van der Waals surface area contributed by atoms with Gasteiger partial charge in [-0.1, -0.05) is 52.9 Å². The van der Waals surface area contributed by atoms with Crippen molar-refractivity contribution < 1.29 is 14.4 Å². The second-order valence-corrected chi connectivity index (χ2v) is 11.6. The van der Waals surface area contributed by atoms with Gasteiger partial charge in [0, 0.05) is 17.8 Å². The van der Waals surface area contributed by atoms with Gasteiger partial charge in [0.15, 0.2) is 6.29 Å². The van der Waals surface area contributed by atoms with Crippen LogP contribution in [0.3, 0.4) is 0 Å². The lowest BCUT2D eigenvalue weighted by Crippen LogP contribution is -2.54. The molecule has 3 rings (SSSR count). The molecule has 6 heteroatoms. The summed E-state index contributed by atoms with van der Waals surface area (Å²) in [5, 5.41) is 10.1. The fourth-order valence-electron chi connectivity index (χ4n) is 3.46. The largest absolute Gasteiger partial charge is 0.598 e. The fourth-order valence-corrected chi connectivity index (χ4v) is 5.19. The number of aryl methyl sites for hydroxylation is 1. The molecule has 146 valence electrons. The number of halogens is 1. The van der Waals surface area contributed by atoms with Gasteiger partial charge in [0.05, 0.1) is 16.1 Å². The number of nitrogens with one attached hydrogen (secondary N) is 1. The van der Waals surface area contributed by atoms with Crippen LogP contribution in [-0.4, -0.2) is 36.8 Å². The van der Waals surface area contributed by atoms with Crippen LogP contribution in [0.5, 0.6) is 0 Å². The molecule has 1 heterocycles. The van der Waals surface area contributed by atoms with E-state index in [1.54, 1.807) is 0 Å². The van der Waals surface area contributed by atoms with Crippen molar-refractivity contribution in [1.82, 2.24) is 4.72 Å². The monoisotopic (exact) mass is 491 g/mol. The zero-order valence-corrected chi connectivity index (χ0v) is 18.5. The Morgan fingerprint density at radius 2 is 1.96 bits per heavy atom. The number of rotatable bonds is 8. The highest BCUT2D eigenvalue weighted by Gasteiger charge is 2.45. The van der Waals surface area contributed by atoms with Gasteiger partial charge in [0.2, 0.25) is 0 Å². The van der Waals surface area contributed by atoms with Crippen LogP contribution in [0.2, 0.25) is 0 Å². The van der Waals surface area contributed by atoms with E-state index in [1.807, 2.05) is 18.2 Å². The zero-order chi connectivity index (χ0) is 18.7. The highest BCUT2D eigenvalue weighted by atomic mass is 127. The molecule has 26 heavy (non-hydrogen) atoms. The maximum atomic E-state index is 13.1. The molecule has 0 spiro atoms. The van der Waals surface area contributed by atoms with Crippen LogP contribution >= 0.6 is 22.6 Å². The first-order chi connectivity index (χ1) is 12.4. The maximum absolute atomic E-state index is 13.1. The minimum absolute atomic E-state index is 0.0441. The third-order valence-corrected chi connectivity index (χ3v) is 8.42. The number of hydrogen-bond acceptors (Lipinski definition) is 4. The molecule has 1 saturated carbocycles. The first kappa shape index (κ1) is 20.9. The van der Waals surface area contributed by atoms with Gasteiger partial charge in [-0.05, 0) is 57.4 Å². The first-order valence-electron chi connectivity index (χ1n) is 9.56. The minimum atomic E-state index is -1.15. The highest BCUT2D eigenvalue weighted by Crippen LogP contribution is 2.39. The van der Waals surface area contributed by atoms with Gasteiger partial charge >= 0.3 is 0 Å². The molecule has 0 radical (unpaired) electrons. The van der Waals surface area contributed by atoms with Gasteiger partial charge in [0.25, 0.3) is 0 Å². The summed E-state index contributed by atoms with van der Waals surface area (Å²) >= 11 is 1.10. The van der Waals surface area contributed by atoms with E-state index >= 15 is 0 Å². The van der Waals surface area contributed by atoms with Crippen molar-refractivity contribution in [3.8, 4) is 0 Å². The highest BCUT2D eigenvalue weighted by molar-refractivity contribution is 14.1. The Morgan fingerprint density at radius 1 is 1.27 bits per heavy atom. The molecule has 0 aromatic heterocycles. The minimum Gasteiger partial charge on any atom is -0.598 e. The lowest BCUT2D eigenvalue weighted by molar-refractivity contribution is -0.163. The molecule has 1 aromatic rings. The molecular weight excluding hydrogens is 461 g/mol. The van der Waals surface area contributed by atoms with Crippen molar-refractivity contribution in [1.29, 1.82) is 0 Å². The molecule has 1 saturated heterocycles. The Labute approximate surface area is 173 Å². The normalized spacial score (nSPS) is 29.3. The quantitative estimate of drug-likeness (QED) is 0.331. The van der Waals surface area contributed by atoms with Crippen LogP contribution in [0.25, 0.3) is 0 Å². The van der Waals surface area contributed by atoms with Crippen molar-refractivity contribution >= 4 is 34.0 Å². The average Bonchev–Trinajstić information content (AvgIpc) is 3.46. The van der Waals surface area contributed by atoms with Crippen LogP contribution in [0.15, 0.2) is 30.3 Å². The van der Waals surface area contributed by atoms with Crippen LogP contribution < -0.4 is 4.72 Å². The number of alkyl halides is 1. The van der Waals surface area contributed by atoms with Gasteiger partial charge in [0.1, 0.15) is 4.75 Å². The molecule has 4 nitrogen and oxygen atoms in total. The predicted octanol–water partition coefficient (Wildman–Crippen LogP) is 3.73. The fraction of sp³-hybridized carbons (Fsp3) is 0.700. The van der Waals surface area contributed by atoms with Gasteiger partial charge < -0.3 is 14.4 Å². The van der Waals surface area contributed by atoms with Crippen molar-refractivity contribution in [2.45, 2.75) is 79.5 Å². The van der Waals surface area contributed by atoms with Gasteiger partial charge in [-0.3, -0.25) is 0 Å². The summed E-state index contributed by atoms with van der Waals surface area (Å²) < 4.78 is 22.2. The molecule has 5 atom stereocenters. The van der Waals surface area contributed by atoms with E-state index in [9.17, 15) is 9.66 Å². The van der Waals surface area contributed by atoms with E-state index in [2.05, 4.69) is 53.3 Å². The summed E-state index contributed by atoms with van der Waals surface area (Å²) in [5.74, 6) is 0.520. The standard InChI is InChI=1S/C20H30INO3S/c1-20(2,13-12-14-6-4-3-5-7-14)26(24)22-18(15-8-9-15)17-11-10-16(21)19(23)25-17/h3-7,15-19,22-23H,8-13H2,1-2H3/t16-,17-,18-,19-,26?/m0/s1. The first-order valence-corrected chi connectivity index (χ1v) is 12.0. The average molecular weight is 491 g/mol. The number of benzene rings is 1. The molecule has 2 aliphatic rings. The zero-order valence-electron chi connectivity index (χ0n) is 15.6. The molecule has 1 aliphatic heterocycles.